The van der Waals surface area contributed by atoms with Crippen molar-refractivity contribution in [1.29, 1.82) is 0 Å². The molecule has 0 heteroatoms. The number of hydrogen-bond acceptors (Lipinski definition) is 0. The lowest BCUT2D eigenvalue weighted by Gasteiger charge is -2.29. The van der Waals surface area contributed by atoms with Crippen LogP contribution >= 0.6 is 0 Å². The Kier molecular flexibility index (Phi) is 5.92. The number of hydrogen-bond donors (Lipinski definition) is 0. The molecule has 0 rings (SSSR count). The van der Waals surface area contributed by atoms with Gasteiger partial charge in [-0.3, -0.25) is 0 Å². The molecule has 0 bridgehead atoms. The van der Waals surface area contributed by atoms with Gasteiger partial charge >= 0.3 is 0 Å². The van der Waals surface area contributed by atoms with Gasteiger partial charge in [0.25, 0.3) is 0 Å². The first-order chi connectivity index (χ1) is 6.66. The van der Waals surface area contributed by atoms with Crippen LogP contribution in [0.25, 0.3) is 0 Å². The predicted molar refractivity (Wildman–Crippen MR) is 71.2 cm³/mol. The van der Waals surface area contributed by atoms with E-state index in [1.807, 2.05) is 0 Å². The summed E-state index contributed by atoms with van der Waals surface area (Å²) < 4.78 is 0. The van der Waals surface area contributed by atoms with Crippen molar-refractivity contribution in [3.8, 4) is 0 Å². The van der Waals surface area contributed by atoms with Crippen LogP contribution in [0.1, 0.15) is 80.6 Å². The van der Waals surface area contributed by atoms with E-state index in [0.29, 0.717) is 10.8 Å². The highest BCUT2D eigenvalue weighted by molar-refractivity contribution is 4.73. The number of rotatable bonds is 6. The predicted octanol–water partition coefficient (Wildman–Crippen LogP) is 5.67. The van der Waals surface area contributed by atoms with Gasteiger partial charge in [-0.05, 0) is 36.0 Å². The fourth-order valence-electron chi connectivity index (χ4n) is 2.29. The van der Waals surface area contributed by atoms with Crippen LogP contribution in [0.4, 0.5) is 0 Å². The van der Waals surface area contributed by atoms with E-state index in [9.17, 15) is 0 Å². The molecule has 0 N–H and O–H groups in total. The van der Waals surface area contributed by atoms with E-state index in [4.69, 9.17) is 0 Å². The molecule has 0 spiro atoms. The minimum Gasteiger partial charge on any atom is -0.0651 e. The van der Waals surface area contributed by atoms with Gasteiger partial charge in [0.15, 0.2) is 0 Å². The lowest BCUT2D eigenvalue weighted by Crippen LogP contribution is -2.16. The summed E-state index contributed by atoms with van der Waals surface area (Å²) in [5.74, 6) is 0.884. The van der Waals surface area contributed by atoms with Crippen LogP contribution in [0, 0.1) is 16.7 Å². The summed E-state index contributed by atoms with van der Waals surface area (Å²) in [5, 5.41) is 0. The van der Waals surface area contributed by atoms with E-state index >= 15 is 0 Å². The average molecular weight is 212 g/mol. The zero-order chi connectivity index (χ0) is 12.1. The van der Waals surface area contributed by atoms with E-state index in [-0.39, 0.29) is 0 Å². The molecule has 0 saturated heterocycles. The van der Waals surface area contributed by atoms with Crippen LogP contribution in [-0.2, 0) is 0 Å². The van der Waals surface area contributed by atoms with Gasteiger partial charge in [0.2, 0.25) is 0 Å². The monoisotopic (exact) mass is 212 g/mol. The Morgan fingerprint density at radius 3 is 1.87 bits per heavy atom. The van der Waals surface area contributed by atoms with Gasteiger partial charge in [-0.25, -0.2) is 0 Å². The minimum absolute atomic E-state index is 0.506. The molecular weight excluding hydrogens is 180 g/mol. The second kappa shape index (κ2) is 5.92. The highest BCUT2D eigenvalue weighted by Crippen LogP contribution is 2.34. The van der Waals surface area contributed by atoms with Gasteiger partial charge in [-0.1, -0.05) is 61.3 Å². The molecule has 0 amide bonds. The summed E-state index contributed by atoms with van der Waals surface area (Å²) in [7, 11) is 0. The van der Waals surface area contributed by atoms with Crippen molar-refractivity contribution >= 4 is 0 Å². The van der Waals surface area contributed by atoms with Crippen LogP contribution in [-0.4, -0.2) is 0 Å². The molecule has 0 aromatic heterocycles. The molecule has 0 nitrogen and oxygen atoms in total. The summed E-state index contributed by atoms with van der Waals surface area (Å²) in [6.07, 6.45) is 6.83. The summed E-state index contributed by atoms with van der Waals surface area (Å²) in [6, 6.07) is 0. The molecule has 0 aliphatic carbocycles. The van der Waals surface area contributed by atoms with Gasteiger partial charge in [-0.15, -0.1) is 0 Å². The first-order valence-corrected chi connectivity index (χ1v) is 6.66. The molecule has 15 heavy (non-hydrogen) atoms. The third-order valence-electron chi connectivity index (χ3n) is 3.38. The van der Waals surface area contributed by atoms with Crippen molar-refractivity contribution < 1.29 is 0 Å². The average Bonchev–Trinajstić information content (AvgIpc) is 2.00. The zero-order valence-corrected chi connectivity index (χ0v) is 12.1. The first kappa shape index (κ1) is 15.0. The topological polar surface area (TPSA) is 0 Å². The van der Waals surface area contributed by atoms with Gasteiger partial charge in [0.05, 0.1) is 0 Å². The molecular formula is C15H32. The fourth-order valence-corrected chi connectivity index (χ4v) is 2.29. The lowest BCUT2D eigenvalue weighted by molar-refractivity contribution is 0.229. The van der Waals surface area contributed by atoms with E-state index in [1.165, 1.54) is 32.1 Å². The Morgan fingerprint density at radius 1 is 0.933 bits per heavy atom. The molecule has 1 unspecified atom stereocenters. The van der Waals surface area contributed by atoms with Crippen molar-refractivity contribution in [3.63, 3.8) is 0 Å². The molecule has 0 radical (unpaired) electrons. The van der Waals surface area contributed by atoms with Crippen molar-refractivity contribution in [1.82, 2.24) is 0 Å². The molecule has 0 aliphatic rings. The third kappa shape index (κ3) is 8.96. The maximum absolute atomic E-state index is 2.43. The van der Waals surface area contributed by atoms with Gasteiger partial charge < -0.3 is 0 Å². The van der Waals surface area contributed by atoms with E-state index < -0.39 is 0 Å². The maximum atomic E-state index is 2.43. The zero-order valence-electron chi connectivity index (χ0n) is 12.1. The van der Waals surface area contributed by atoms with Crippen LogP contribution in [0.2, 0.25) is 0 Å². The van der Waals surface area contributed by atoms with Crippen LogP contribution in [0.15, 0.2) is 0 Å². The Bertz CT molecular complexity index is 159. The molecule has 0 aliphatic heterocycles. The minimum atomic E-state index is 0.506. The van der Waals surface area contributed by atoms with Crippen LogP contribution in [0.3, 0.4) is 0 Å². The van der Waals surface area contributed by atoms with Crippen molar-refractivity contribution in [2.24, 2.45) is 16.7 Å². The summed E-state index contributed by atoms with van der Waals surface area (Å²) >= 11 is 0. The Morgan fingerprint density at radius 2 is 1.47 bits per heavy atom. The second-order valence-corrected chi connectivity index (χ2v) is 7.30. The highest BCUT2D eigenvalue weighted by Gasteiger charge is 2.21. The molecule has 0 fully saturated rings. The smallest absolute Gasteiger partial charge is 0.0352 e. The molecule has 1 atom stereocenters. The highest BCUT2D eigenvalue weighted by atomic mass is 14.3. The van der Waals surface area contributed by atoms with Gasteiger partial charge in [-0.2, -0.15) is 0 Å². The lowest BCUT2D eigenvalue weighted by atomic mass is 9.77. The Balaban J connectivity index is 3.84. The molecule has 92 valence electrons. The van der Waals surface area contributed by atoms with Crippen molar-refractivity contribution in [2.45, 2.75) is 80.6 Å². The fraction of sp³-hybridized carbons (Fsp3) is 1.00. The van der Waals surface area contributed by atoms with Gasteiger partial charge in [0.1, 0.15) is 0 Å². The normalized spacial score (nSPS) is 15.4. The molecule has 0 heterocycles. The molecule has 0 aromatic rings. The quantitative estimate of drug-likeness (QED) is 0.532. The van der Waals surface area contributed by atoms with E-state index in [2.05, 4.69) is 48.5 Å². The third-order valence-corrected chi connectivity index (χ3v) is 3.38. The standard InChI is InChI=1S/C15H32/c1-8-13(2)12-15(6,7)11-9-10-14(3,4)5/h13H,8-12H2,1-7H3. The summed E-state index contributed by atoms with van der Waals surface area (Å²) in [6.45, 7) is 16.6. The van der Waals surface area contributed by atoms with Crippen LogP contribution < -0.4 is 0 Å². The van der Waals surface area contributed by atoms with Gasteiger partial charge in [0, 0.05) is 0 Å². The van der Waals surface area contributed by atoms with Crippen LogP contribution in [0.5, 0.6) is 0 Å². The maximum Gasteiger partial charge on any atom is -0.0352 e. The van der Waals surface area contributed by atoms with E-state index in [1.54, 1.807) is 0 Å². The SMILES string of the molecule is CCC(C)CC(C)(C)CCCC(C)(C)C. The first-order valence-electron chi connectivity index (χ1n) is 6.66. The largest absolute Gasteiger partial charge is 0.0651 e. The summed E-state index contributed by atoms with van der Waals surface area (Å²) in [5.41, 5.74) is 1.05. The Labute approximate surface area is 97.8 Å². The second-order valence-electron chi connectivity index (χ2n) is 7.30. The van der Waals surface area contributed by atoms with Crippen molar-refractivity contribution in [2.75, 3.05) is 0 Å². The molecule has 0 aromatic carbocycles. The molecule has 0 saturated carbocycles. The van der Waals surface area contributed by atoms with Crippen molar-refractivity contribution in [3.05, 3.63) is 0 Å². The Hall–Kier alpha value is 0. The van der Waals surface area contributed by atoms with E-state index in [0.717, 1.165) is 5.92 Å². The summed E-state index contributed by atoms with van der Waals surface area (Å²) in [4.78, 5) is 0.